The quantitative estimate of drug-likeness (QED) is 0.874. The Morgan fingerprint density at radius 1 is 1.44 bits per heavy atom. The van der Waals surface area contributed by atoms with Crippen LogP contribution in [-0.2, 0) is 0 Å². The van der Waals surface area contributed by atoms with Crippen molar-refractivity contribution in [3.05, 3.63) is 4.88 Å². The number of rotatable bonds is 3. The molecule has 1 fully saturated rings. The maximum absolute atomic E-state index is 11.3. The summed E-state index contributed by atoms with van der Waals surface area (Å²) in [6.07, 6.45) is 2.29. The van der Waals surface area contributed by atoms with Gasteiger partial charge in [0.1, 0.15) is 15.6 Å². The second-order valence-corrected chi connectivity index (χ2v) is 5.72. The zero-order chi connectivity index (χ0) is 13.3. The van der Waals surface area contributed by atoms with E-state index in [1.54, 1.807) is 7.11 Å². The molecule has 1 aromatic rings. The van der Waals surface area contributed by atoms with Crippen LogP contribution in [0.3, 0.4) is 0 Å². The summed E-state index contributed by atoms with van der Waals surface area (Å²) in [4.78, 5) is 13.9. The SMILES string of the molecule is COc1c(N2CCC(C)CC2)sc(C(N)=O)c1N. The topological polar surface area (TPSA) is 81.6 Å². The van der Waals surface area contributed by atoms with Crippen LogP contribution in [0.4, 0.5) is 10.7 Å². The average molecular weight is 269 g/mol. The maximum atomic E-state index is 11.3. The Kier molecular flexibility index (Phi) is 3.65. The number of amides is 1. The Morgan fingerprint density at radius 3 is 2.56 bits per heavy atom. The van der Waals surface area contributed by atoms with Crippen LogP contribution in [0.1, 0.15) is 29.4 Å². The van der Waals surface area contributed by atoms with Gasteiger partial charge in [0.2, 0.25) is 0 Å². The van der Waals surface area contributed by atoms with E-state index in [0.29, 0.717) is 16.3 Å². The van der Waals surface area contributed by atoms with Crippen LogP contribution in [0.15, 0.2) is 0 Å². The summed E-state index contributed by atoms with van der Waals surface area (Å²) in [7, 11) is 1.57. The van der Waals surface area contributed by atoms with Gasteiger partial charge in [-0.25, -0.2) is 0 Å². The number of hydrogen-bond donors (Lipinski definition) is 2. The largest absolute Gasteiger partial charge is 0.492 e. The Bertz CT molecular complexity index is 450. The molecule has 18 heavy (non-hydrogen) atoms. The number of thiophene rings is 1. The number of hydrogen-bond acceptors (Lipinski definition) is 5. The van der Waals surface area contributed by atoms with Gasteiger partial charge >= 0.3 is 0 Å². The minimum Gasteiger partial charge on any atom is -0.492 e. The number of nitrogens with two attached hydrogens (primary N) is 2. The van der Waals surface area contributed by atoms with E-state index in [1.807, 2.05) is 0 Å². The Labute approximate surface area is 111 Å². The predicted molar refractivity (Wildman–Crippen MR) is 74.4 cm³/mol. The van der Waals surface area contributed by atoms with E-state index in [2.05, 4.69) is 11.8 Å². The van der Waals surface area contributed by atoms with E-state index < -0.39 is 5.91 Å². The van der Waals surface area contributed by atoms with E-state index in [0.717, 1.165) is 36.9 Å². The third-order valence-corrected chi connectivity index (χ3v) is 4.64. The summed E-state index contributed by atoms with van der Waals surface area (Å²) in [5.41, 5.74) is 11.6. The number of nitrogens with zero attached hydrogens (tertiary/aromatic N) is 1. The lowest BCUT2D eigenvalue weighted by atomic mass is 9.99. The average Bonchev–Trinajstić information content (AvgIpc) is 2.67. The number of methoxy groups -OCH3 is 1. The Hall–Kier alpha value is -1.43. The van der Waals surface area contributed by atoms with Crippen molar-refractivity contribution in [1.29, 1.82) is 0 Å². The highest BCUT2D eigenvalue weighted by molar-refractivity contribution is 7.19. The van der Waals surface area contributed by atoms with E-state index in [-0.39, 0.29) is 0 Å². The monoisotopic (exact) mass is 269 g/mol. The van der Waals surface area contributed by atoms with Gasteiger partial charge in [0.05, 0.1) is 7.11 Å². The molecule has 6 heteroatoms. The predicted octanol–water partition coefficient (Wildman–Crippen LogP) is 1.67. The molecular weight excluding hydrogens is 250 g/mol. The number of carbonyl (C=O) groups excluding carboxylic acids is 1. The number of piperidine rings is 1. The summed E-state index contributed by atoms with van der Waals surface area (Å²) in [5, 5.41) is 0.927. The number of anilines is 2. The van der Waals surface area contributed by atoms with Gasteiger partial charge in [-0.05, 0) is 18.8 Å². The van der Waals surface area contributed by atoms with Crippen LogP contribution in [-0.4, -0.2) is 26.1 Å². The highest BCUT2D eigenvalue weighted by Gasteiger charge is 2.26. The minimum absolute atomic E-state index is 0.364. The van der Waals surface area contributed by atoms with Crippen molar-refractivity contribution in [3.8, 4) is 5.75 Å². The molecule has 1 amide bonds. The third-order valence-electron chi connectivity index (χ3n) is 3.38. The molecule has 1 aromatic heterocycles. The lowest BCUT2D eigenvalue weighted by molar-refractivity contribution is 0.100. The molecule has 0 bridgehead atoms. The van der Waals surface area contributed by atoms with Crippen LogP contribution in [0.2, 0.25) is 0 Å². The molecule has 2 rings (SSSR count). The molecule has 5 nitrogen and oxygen atoms in total. The fourth-order valence-electron chi connectivity index (χ4n) is 2.22. The maximum Gasteiger partial charge on any atom is 0.261 e. The van der Waals surface area contributed by atoms with Crippen molar-refractivity contribution in [2.45, 2.75) is 19.8 Å². The fraction of sp³-hybridized carbons (Fsp3) is 0.583. The van der Waals surface area contributed by atoms with Crippen molar-refractivity contribution in [3.63, 3.8) is 0 Å². The Balaban J connectivity index is 2.32. The summed E-state index contributed by atoms with van der Waals surface area (Å²) in [6, 6.07) is 0. The van der Waals surface area contributed by atoms with Gasteiger partial charge in [-0.1, -0.05) is 6.92 Å². The van der Waals surface area contributed by atoms with Gasteiger partial charge in [0, 0.05) is 13.1 Å². The van der Waals surface area contributed by atoms with Gasteiger partial charge < -0.3 is 21.1 Å². The molecule has 0 aromatic carbocycles. The first-order valence-electron chi connectivity index (χ1n) is 6.05. The smallest absolute Gasteiger partial charge is 0.261 e. The third kappa shape index (κ3) is 2.25. The summed E-state index contributed by atoms with van der Waals surface area (Å²) >= 11 is 1.33. The van der Waals surface area contributed by atoms with Crippen molar-refractivity contribution >= 4 is 27.9 Å². The summed E-state index contributed by atoms with van der Waals surface area (Å²) < 4.78 is 5.32. The molecule has 0 radical (unpaired) electrons. The van der Waals surface area contributed by atoms with E-state index >= 15 is 0 Å². The van der Waals surface area contributed by atoms with E-state index in [1.165, 1.54) is 11.3 Å². The highest BCUT2D eigenvalue weighted by Crippen LogP contribution is 2.45. The molecule has 1 saturated heterocycles. The van der Waals surface area contributed by atoms with Crippen molar-refractivity contribution < 1.29 is 9.53 Å². The number of primary amides is 1. The van der Waals surface area contributed by atoms with E-state index in [4.69, 9.17) is 16.2 Å². The molecule has 0 spiro atoms. The van der Waals surface area contributed by atoms with Crippen LogP contribution in [0.5, 0.6) is 5.75 Å². The van der Waals surface area contributed by atoms with Crippen molar-refractivity contribution in [2.24, 2.45) is 11.7 Å². The fourth-order valence-corrected chi connectivity index (χ4v) is 3.31. The lowest BCUT2D eigenvalue weighted by Crippen LogP contribution is -2.32. The zero-order valence-electron chi connectivity index (χ0n) is 10.7. The van der Waals surface area contributed by atoms with Crippen LogP contribution in [0, 0.1) is 5.92 Å². The molecule has 0 aliphatic carbocycles. The molecule has 2 heterocycles. The molecule has 0 atom stereocenters. The van der Waals surface area contributed by atoms with Gasteiger partial charge in [-0.15, -0.1) is 11.3 Å². The molecule has 1 aliphatic heterocycles. The second-order valence-electron chi connectivity index (χ2n) is 4.72. The lowest BCUT2D eigenvalue weighted by Gasteiger charge is -2.31. The van der Waals surface area contributed by atoms with Crippen LogP contribution < -0.4 is 21.1 Å². The normalized spacial score (nSPS) is 16.9. The van der Waals surface area contributed by atoms with Crippen LogP contribution >= 0.6 is 11.3 Å². The molecule has 1 aliphatic rings. The second kappa shape index (κ2) is 5.06. The van der Waals surface area contributed by atoms with Crippen molar-refractivity contribution in [1.82, 2.24) is 0 Å². The van der Waals surface area contributed by atoms with Crippen molar-refractivity contribution in [2.75, 3.05) is 30.8 Å². The highest BCUT2D eigenvalue weighted by atomic mass is 32.1. The van der Waals surface area contributed by atoms with Gasteiger partial charge in [-0.2, -0.15) is 0 Å². The first-order valence-corrected chi connectivity index (χ1v) is 6.87. The van der Waals surface area contributed by atoms with Crippen LogP contribution in [0.25, 0.3) is 0 Å². The summed E-state index contributed by atoms with van der Waals surface area (Å²) in [5.74, 6) is 0.843. The molecule has 0 unspecified atom stereocenters. The number of ether oxygens (including phenoxy) is 1. The first-order chi connectivity index (χ1) is 8.54. The minimum atomic E-state index is -0.493. The zero-order valence-corrected chi connectivity index (χ0v) is 11.5. The van der Waals surface area contributed by atoms with Gasteiger partial charge in [0.15, 0.2) is 5.75 Å². The number of nitrogen functional groups attached to an aromatic ring is 1. The standard InChI is InChI=1S/C12H19N3O2S/c1-7-3-5-15(6-4-7)12-9(17-2)8(13)10(18-12)11(14)16/h7H,3-6,13H2,1-2H3,(H2,14,16). The molecule has 0 saturated carbocycles. The van der Waals surface area contributed by atoms with E-state index in [9.17, 15) is 4.79 Å². The van der Waals surface area contributed by atoms with Gasteiger partial charge in [0.25, 0.3) is 5.91 Å². The Morgan fingerprint density at radius 2 is 2.06 bits per heavy atom. The van der Waals surface area contributed by atoms with Gasteiger partial charge in [-0.3, -0.25) is 4.79 Å². The number of carbonyl (C=O) groups is 1. The summed E-state index contributed by atoms with van der Waals surface area (Å²) in [6.45, 7) is 4.19. The molecular formula is C12H19N3O2S. The molecule has 4 N–H and O–H groups in total. The first kappa shape index (κ1) is 13.0. The molecule has 100 valence electrons.